The topological polar surface area (TPSA) is 24.9 Å². The Morgan fingerprint density at radius 3 is 2.76 bits per heavy atom. The summed E-state index contributed by atoms with van der Waals surface area (Å²) in [7, 11) is 0. The predicted octanol–water partition coefficient (Wildman–Crippen LogP) is 5.12. The molecule has 0 saturated carbocycles. The molecule has 0 aliphatic heterocycles. The third-order valence-electron chi connectivity index (χ3n) is 3.30. The molecule has 1 heterocycles. The fraction of sp³-hybridized carbons (Fsp3) is 0.118. The zero-order valence-electron chi connectivity index (χ0n) is 11.6. The highest BCUT2D eigenvalue weighted by Gasteiger charge is 2.10. The van der Waals surface area contributed by atoms with E-state index in [-0.39, 0.29) is 11.9 Å². The second-order valence-electron chi connectivity index (χ2n) is 4.81. The smallest absolute Gasteiger partial charge is 0.128 e. The summed E-state index contributed by atoms with van der Waals surface area (Å²) in [5, 5.41) is 6.28. The Balaban J connectivity index is 1.82. The van der Waals surface area contributed by atoms with Gasteiger partial charge in [-0.15, -0.1) is 11.3 Å². The summed E-state index contributed by atoms with van der Waals surface area (Å²) in [4.78, 5) is 4.31. The first-order chi connectivity index (χ1) is 10.2. The zero-order chi connectivity index (χ0) is 14.7. The minimum atomic E-state index is -0.187. The molecule has 0 radical (unpaired) electrons. The van der Waals surface area contributed by atoms with Crippen molar-refractivity contribution < 1.29 is 4.39 Å². The van der Waals surface area contributed by atoms with Crippen LogP contribution in [0.5, 0.6) is 0 Å². The van der Waals surface area contributed by atoms with Crippen LogP contribution in [0.1, 0.15) is 18.5 Å². The van der Waals surface area contributed by atoms with Crippen molar-refractivity contribution in [2.24, 2.45) is 0 Å². The Bertz CT molecular complexity index is 725. The van der Waals surface area contributed by atoms with Crippen LogP contribution in [0.3, 0.4) is 0 Å². The maximum absolute atomic E-state index is 13.8. The summed E-state index contributed by atoms with van der Waals surface area (Å²) >= 11 is 1.60. The summed E-state index contributed by atoms with van der Waals surface area (Å²) in [5.74, 6) is -0.187. The molecule has 0 amide bonds. The predicted molar refractivity (Wildman–Crippen MR) is 86.0 cm³/mol. The number of halogens is 1. The summed E-state index contributed by atoms with van der Waals surface area (Å²) in [5.41, 5.74) is 2.69. The molecule has 21 heavy (non-hydrogen) atoms. The first-order valence-corrected chi connectivity index (χ1v) is 7.63. The van der Waals surface area contributed by atoms with E-state index in [1.165, 1.54) is 6.07 Å². The van der Waals surface area contributed by atoms with Crippen LogP contribution in [-0.4, -0.2) is 4.98 Å². The van der Waals surface area contributed by atoms with Gasteiger partial charge < -0.3 is 5.32 Å². The van der Waals surface area contributed by atoms with Crippen molar-refractivity contribution in [1.82, 2.24) is 4.98 Å². The Labute approximate surface area is 127 Å². The number of aromatic nitrogens is 1. The standard InChI is InChI=1S/C17H15FN2S/c1-12(15-7-2-3-8-16(15)18)20-14-6-4-5-13(11-14)17-19-9-10-21-17/h2-12,20H,1H3. The van der Waals surface area contributed by atoms with Gasteiger partial charge in [0.05, 0.1) is 6.04 Å². The molecule has 0 spiro atoms. The molecular formula is C17H15FN2S. The van der Waals surface area contributed by atoms with Crippen LogP contribution in [0.4, 0.5) is 10.1 Å². The van der Waals surface area contributed by atoms with Crippen LogP contribution in [-0.2, 0) is 0 Å². The van der Waals surface area contributed by atoms with Gasteiger partial charge in [-0.05, 0) is 25.1 Å². The van der Waals surface area contributed by atoms with E-state index >= 15 is 0 Å². The Morgan fingerprint density at radius 2 is 2.00 bits per heavy atom. The molecule has 1 aromatic heterocycles. The maximum atomic E-state index is 13.8. The second-order valence-corrected chi connectivity index (χ2v) is 5.70. The van der Waals surface area contributed by atoms with Crippen molar-refractivity contribution in [2.75, 3.05) is 5.32 Å². The van der Waals surface area contributed by atoms with E-state index in [4.69, 9.17) is 0 Å². The summed E-state index contributed by atoms with van der Waals surface area (Å²) in [6.45, 7) is 1.95. The molecule has 0 bridgehead atoms. The molecule has 0 aliphatic rings. The molecule has 4 heteroatoms. The normalized spacial score (nSPS) is 12.1. The lowest BCUT2D eigenvalue weighted by atomic mass is 10.1. The van der Waals surface area contributed by atoms with Crippen molar-refractivity contribution in [1.29, 1.82) is 0 Å². The van der Waals surface area contributed by atoms with E-state index in [1.807, 2.05) is 42.6 Å². The van der Waals surface area contributed by atoms with Gasteiger partial charge in [0, 0.05) is 28.4 Å². The van der Waals surface area contributed by atoms with Crippen molar-refractivity contribution in [2.45, 2.75) is 13.0 Å². The number of nitrogens with zero attached hydrogens (tertiary/aromatic N) is 1. The third kappa shape index (κ3) is 3.11. The van der Waals surface area contributed by atoms with Crippen LogP contribution in [0, 0.1) is 5.82 Å². The highest BCUT2D eigenvalue weighted by molar-refractivity contribution is 7.13. The second kappa shape index (κ2) is 6.06. The molecule has 0 saturated heterocycles. The highest BCUT2D eigenvalue weighted by atomic mass is 32.1. The summed E-state index contributed by atoms with van der Waals surface area (Å²) < 4.78 is 13.8. The van der Waals surface area contributed by atoms with Crippen LogP contribution in [0.15, 0.2) is 60.1 Å². The van der Waals surface area contributed by atoms with Gasteiger partial charge in [0.2, 0.25) is 0 Å². The average molecular weight is 298 g/mol. The number of hydrogen-bond acceptors (Lipinski definition) is 3. The van der Waals surface area contributed by atoms with Crippen molar-refractivity contribution >= 4 is 17.0 Å². The summed E-state index contributed by atoms with van der Waals surface area (Å²) in [6.07, 6.45) is 1.79. The van der Waals surface area contributed by atoms with E-state index in [0.29, 0.717) is 5.56 Å². The molecule has 2 aromatic carbocycles. The fourth-order valence-electron chi connectivity index (χ4n) is 2.26. The number of rotatable bonds is 4. The molecular weight excluding hydrogens is 283 g/mol. The van der Waals surface area contributed by atoms with Gasteiger partial charge in [0.25, 0.3) is 0 Å². The minimum absolute atomic E-state index is 0.0993. The van der Waals surface area contributed by atoms with E-state index in [2.05, 4.69) is 10.3 Å². The molecule has 3 rings (SSSR count). The maximum Gasteiger partial charge on any atom is 0.128 e. The average Bonchev–Trinajstić information content (AvgIpc) is 3.02. The lowest BCUT2D eigenvalue weighted by Gasteiger charge is -2.16. The minimum Gasteiger partial charge on any atom is -0.378 e. The molecule has 106 valence electrons. The molecule has 0 aliphatic carbocycles. The molecule has 1 unspecified atom stereocenters. The van der Waals surface area contributed by atoms with Gasteiger partial charge >= 0.3 is 0 Å². The van der Waals surface area contributed by atoms with Crippen molar-refractivity contribution in [3.63, 3.8) is 0 Å². The number of nitrogens with one attached hydrogen (secondary N) is 1. The molecule has 0 fully saturated rings. The lowest BCUT2D eigenvalue weighted by Crippen LogP contribution is -2.08. The van der Waals surface area contributed by atoms with Crippen molar-refractivity contribution in [3.05, 3.63) is 71.5 Å². The Morgan fingerprint density at radius 1 is 1.14 bits per heavy atom. The van der Waals surface area contributed by atoms with Crippen molar-refractivity contribution in [3.8, 4) is 10.6 Å². The number of anilines is 1. The first kappa shape index (κ1) is 13.8. The monoisotopic (exact) mass is 298 g/mol. The Kier molecular flexibility index (Phi) is 3.97. The summed E-state index contributed by atoms with van der Waals surface area (Å²) in [6, 6.07) is 14.8. The molecule has 1 N–H and O–H groups in total. The van der Waals surface area contributed by atoms with Gasteiger partial charge in [0.1, 0.15) is 10.8 Å². The van der Waals surface area contributed by atoms with Gasteiger partial charge in [-0.1, -0.05) is 30.3 Å². The van der Waals surface area contributed by atoms with E-state index in [1.54, 1.807) is 29.7 Å². The first-order valence-electron chi connectivity index (χ1n) is 6.75. The van der Waals surface area contributed by atoms with Gasteiger partial charge in [-0.25, -0.2) is 9.37 Å². The quantitative estimate of drug-likeness (QED) is 0.723. The number of benzene rings is 2. The van der Waals surface area contributed by atoms with Crippen LogP contribution >= 0.6 is 11.3 Å². The zero-order valence-corrected chi connectivity index (χ0v) is 12.4. The largest absolute Gasteiger partial charge is 0.378 e. The van der Waals surface area contributed by atoms with E-state index < -0.39 is 0 Å². The van der Waals surface area contributed by atoms with Gasteiger partial charge in [-0.2, -0.15) is 0 Å². The van der Waals surface area contributed by atoms with Crippen LogP contribution < -0.4 is 5.32 Å². The highest BCUT2D eigenvalue weighted by Crippen LogP contribution is 2.27. The SMILES string of the molecule is CC(Nc1cccc(-c2nccs2)c1)c1ccccc1F. The molecule has 3 aromatic rings. The van der Waals surface area contributed by atoms with E-state index in [9.17, 15) is 4.39 Å². The number of thiazole rings is 1. The fourth-order valence-corrected chi connectivity index (χ4v) is 2.90. The van der Waals surface area contributed by atoms with Crippen LogP contribution in [0.2, 0.25) is 0 Å². The lowest BCUT2D eigenvalue weighted by molar-refractivity contribution is 0.600. The van der Waals surface area contributed by atoms with E-state index in [0.717, 1.165) is 16.3 Å². The van der Waals surface area contributed by atoms with Gasteiger partial charge in [-0.3, -0.25) is 0 Å². The Hall–Kier alpha value is -2.20. The van der Waals surface area contributed by atoms with Crippen LogP contribution in [0.25, 0.3) is 10.6 Å². The molecule has 1 atom stereocenters. The molecule has 2 nitrogen and oxygen atoms in total. The van der Waals surface area contributed by atoms with Gasteiger partial charge in [0.15, 0.2) is 0 Å². The number of hydrogen-bond donors (Lipinski definition) is 1. The third-order valence-corrected chi connectivity index (χ3v) is 4.12.